The van der Waals surface area contributed by atoms with Crippen LogP contribution in [0.5, 0.6) is 5.75 Å². The second-order valence-corrected chi connectivity index (χ2v) is 7.64. The number of hydrogen-bond donors (Lipinski definition) is 1. The molecule has 0 aromatic heterocycles. The Morgan fingerprint density at radius 1 is 1.36 bits per heavy atom. The van der Waals surface area contributed by atoms with Crippen LogP contribution in [0.2, 0.25) is 0 Å². The fraction of sp³-hybridized carbons (Fsp3) is 0.231. The summed E-state index contributed by atoms with van der Waals surface area (Å²) in [6.07, 6.45) is 1.67. The number of carbonyl (C=O) groups is 1. The van der Waals surface area contributed by atoms with Gasteiger partial charge in [-0.05, 0) is 23.8 Å². The van der Waals surface area contributed by atoms with Crippen LogP contribution in [0.25, 0.3) is 6.08 Å². The van der Waals surface area contributed by atoms with Gasteiger partial charge in [0.2, 0.25) is 0 Å². The molecule has 1 aliphatic heterocycles. The Morgan fingerprint density at radius 3 is 2.55 bits per heavy atom. The monoisotopic (exact) mass is 359 g/mol. The van der Waals surface area contributed by atoms with Crippen molar-refractivity contribution in [2.24, 2.45) is 0 Å². The van der Waals surface area contributed by atoms with E-state index in [9.17, 15) is 13.2 Å². The van der Waals surface area contributed by atoms with Crippen molar-refractivity contribution in [3.8, 4) is 5.75 Å². The highest BCUT2D eigenvalue weighted by Crippen LogP contribution is 2.32. The van der Waals surface area contributed by atoms with Gasteiger partial charge in [0.1, 0.15) is 10.1 Å². The SMILES string of the molecule is COc1ccc(/C=C2\SC(=S)N(CCS(=O)(=O)O)C2=O)cc1. The third-order valence-electron chi connectivity index (χ3n) is 2.86. The summed E-state index contributed by atoms with van der Waals surface area (Å²) in [5.74, 6) is -0.206. The molecule has 1 aromatic rings. The van der Waals surface area contributed by atoms with Gasteiger partial charge in [0.05, 0.1) is 17.8 Å². The second-order valence-electron chi connectivity index (χ2n) is 4.39. The number of thioether (sulfide) groups is 1. The van der Waals surface area contributed by atoms with Crippen molar-refractivity contribution in [3.05, 3.63) is 34.7 Å². The molecule has 0 radical (unpaired) electrons. The summed E-state index contributed by atoms with van der Waals surface area (Å²) in [6, 6.07) is 7.13. The number of amides is 1. The lowest BCUT2D eigenvalue weighted by atomic mass is 10.2. The minimum absolute atomic E-state index is 0.163. The Hall–Kier alpha value is -1.42. The van der Waals surface area contributed by atoms with Crippen molar-refractivity contribution in [2.75, 3.05) is 19.4 Å². The average Bonchev–Trinajstić information content (AvgIpc) is 2.71. The summed E-state index contributed by atoms with van der Waals surface area (Å²) in [7, 11) is -2.57. The molecule has 1 N–H and O–H groups in total. The maximum Gasteiger partial charge on any atom is 0.266 e. The molecule has 0 bridgehead atoms. The molecule has 1 fully saturated rings. The van der Waals surface area contributed by atoms with Gasteiger partial charge in [-0.15, -0.1) is 0 Å². The lowest BCUT2D eigenvalue weighted by Gasteiger charge is -2.12. The molecular weight excluding hydrogens is 346 g/mol. The van der Waals surface area contributed by atoms with Crippen LogP contribution < -0.4 is 4.74 Å². The zero-order valence-corrected chi connectivity index (χ0v) is 14.0. The number of methoxy groups -OCH3 is 1. The fourth-order valence-corrected chi connectivity index (χ4v) is 3.47. The van der Waals surface area contributed by atoms with Gasteiger partial charge >= 0.3 is 0 Å². The van der Waals surface area contributed by atoms with Crippen LogP contribution in [0.1, 0.15) is 5.56 Å². The molecule has 9 heteroatoms. The van der Waals surface area contributed by atoms with E-state index in [1.165, 1.54) is 4.90 Å². The molecule has 6 nitrogen and oxygen atoms in total. The lowest BCUT2D eigenvalue weighted by Crippen LogP contribution is -2.32. The number of hydrogen-bond acceptors (Lipinski definition) is 6. The van der Waals surface area contributed by atoms with Gasteiger partial charge < -0.3 is 4.74 Å². The van der Waals surface area contributed by atoms with Gasteiger partial charge in [-0.25, -0.2) is 0 Å². The number of thiocarbonyl (C=S) groups is 1. The molecule has 0 unspecified atom stereocenters. The van der Waals surface area contributed by atoms with E-state index in [1.54, 1.807) is 37.5 Å². The van der Waals surface area contributed by atoms with E-state index in [0.717, 1.165) is 17.3 Å². The first-order chi connectivity index (χ1) is 10.3. The van der Waals surface area contributed by atoms with Crippen LogP contribution in [0.4, 0.5) is 0 Å². The summed E-state index contributed by atoms with van der Waals surface area (Å²) in [6.45, 7) is -0.163. The second kappa shape index (κ2) is 6.78. The Morgan fingerprint density at radius 2 is 2.00 bits per heavy atom. The highest BCUT2D eigenvalue weighted by molar-refractivity contribution is 8.26. The van der Waals surface area contributed by atoms with Gasteiger partial charge in [0.25, 0.3) is 16.0 Å². The number of nitrogens with zero attached hydrogens (tertiary/aromatic N) is 1. The minimum atomic E-state index is -4.14. The van der Waals surface area contributed by atoms with Crippen molar-refractivity contribution in [2.45, 2.75) is 0 Å². The molecule has 0 atom stereocenters. The number of rotatable bonds is 5. The van der Waals surface area contributed by atoms with E-state index in [-0.39, 0.29) is 16.8 Å². The first-order valence-corrected chi connectivity index (χ1v) is 8.98. The van der Waals surface area contributed by atoms with E-state index in [4.69, 9.17) is 21.5 Å². The Kier molecular flexibility index (Phi) is 5.22. The first-order valence-electron chi connectivity index (χ1n) is 6.15. The van der Waals surface area contributed by atoms with Crippen LogP contribution in [-0.2, 0) is 14.9 Å². The molecule has 1 aliphatic rings. The number of benzene rings is 1. The van der Waals surface area contributed by atoms with E-state index in [2.05, 4.69) is 0 Å². The third kappa shape index (κ3) is 4.29. The molecule has 118 valence electrons. The maximum absolute atomic E-state index is 12.2. The molecule has 2 rings (SSSR count). The minimum Gasteiger partial charge on any atom is -0.497 e. The molecule has 1 heterocycles. The maximum atomic E-state index is 12.2. The van der Waals surface area contributed by atoms with Crippen molar-refractivity contribution in [3.63, 3.8) is 0 Å². The zero-order valence-electron chi connectivity index (χ0n) is 11.6. The van der Waals surface area contributed by atoms with Crippen LogP contribution in [0.15, 0.2) is 29.2 Å². The smallest absolute Gasteiger partial charge is 0.266 e. The summed E-state index contributed by atoms with van der Waals surface area (Å²) in [4.78, 5) is 13.8. The summed E-state index contributed by atoms with van der Waals surface area (Å²) < 4.78 is 35.6. The summed E-state index contributed by atoms with van der Waals surface area (Å²) >= 11 is 6.17. The Labute approximate surface area is 137 Å². The highest BCUT2D eigenvalue weighted by Gasteiger charge is 2.32. The van der Waals surface area contributed by atoms with Crippen LogP contribution in [-0.4, -0.2) is 47.5 Å². The lowest BCUT2D eigenvalue weighted by molar-refractivity contribution is -0.121. The van der Waals surface area contributed by atoms with Gasteiger partial charge in [0, 0.05) is 6.54 Å². The van der Waals surface area contributed by atoms with E-state index in [1.807, 2.05) is 0 Å². The first kappa shape index (κ1) is 16.9. The van der Waals surface area contributed by atoms with Crippen LogP contribution in [0.3, 0.4) is 0 Å². The van der Waals surface area contributed by atoms with E-state index in [0.29, 0.717) is 10.7 Å². The van der Waals surface area contributed by atoms with Crippen molar-refractivity contribution >= 4 is 50.4 Å². The molecule has 1 aromatic carbocycles. The number of carbonyl (C=O) groups excluding carboxylic acids is 1. The fourth-order valence-electron chi connectivity index (χ4n) is 1.75. The van der Waals surface area contributed by atoms with Gasteiger partial charge in [0.15, 0.2) is 0 Å². The molecule has 0 aliphatic carbocycles. The van der Waals surface area contributed by atoms with E-state index >= 15 is 0 Å². The van der Waals surface area contributed by atoms with Gasteiger partial charge in [-0.2, -0.15) is 8.42 Å². The largest absolute Gasteiger partial charge is 0.497 e. The molecule has 0 saturated carbocycles. The molecule has 1 saturated heterocycles. The van der Waals surface area contributed by atoms with Crippen molar-refractivity contribution in [1.29, 1.82) is 0 Å². The Balaban J connectivity index is 2.14. The predicted octanol–water partition coefficient (Wildman–Crippen LogP) is 1.78. The topological polar surface area (TPSA) is 83.9 Å². The number of ether oxygens (including phenoxy) is 1. The standard InChI is InChI=1S/C13H13NO5S3/c1-19-10-4-2-9(3-5-10)8-11-12(15)14(13(20)21-11)6-7-22(16,17)18/h2-5,8H,6-7H2,1H3,(H,16,17,18)/b11-8-. The molecule has 0 spiro atoms. The normalized spacial score (nSPS) is 17.4. The third-order valence-corrected chi connectivity index (χ3v) is 4.94. The summed E-state index contributed by atoms with van der Waals surface area (Å²) in [5, 5.41) is 0. The van der Waals surface area contributed by atoms with E-state index < -0.39 is 15.9 Å². The van der Waals surface area contributed by atoms with Gasteiger partial charge in [-0.1, -0.05) is 36.1 Å². The zero-order chi connectivity index (χ0) is 16.3. The predicted molar refractivity (Wildman–Crippen MR) is 89.3 cm³/mol. The average molecular weight is 359 g/mol. The Bertz CT molecular complexity index is 725. The quantitative estimate of drug-likeness (QED) is 0.487. The molecule has 22 heavy (non-hydrogen) atoms. The molecule has 1 amide bonds. The van der Waals surface area contributed by atoms with Crippen LogP contribution in [0, 0.1) is 0 Å². The highest BCUT2D eigenvalue weighted by atomic mass is 32.2. The van der Waals surface area contributed by atoms with Gasteiger partial charge in [-0.3, -0.25) is 14.2 Å². The molecular formula is C13H13NO5S3. The van der Waals surface area contributed by atoms with Crippen molar-refractivity contribution in [1.82, 2.24) is 4.90 Å². The van der Waals surface area contributed by atoms with Crippen LogP contribution >= 0.6 is 24.0 Å². The summed E-state index contributed by atoms with van der Waals surface area (Å²) in [5.41, 5.74) is 0.802. The van der Waals surface area contributed by atoms with Crippen molar-refractivity contribution < 1.29 is 22.5 Å².